The summed E-state index contributed by atoms with van der Waals surface area (Å²) < 4.78 is 13.0. The van der Waals surface area contributed by atoms with Crippen molar-refractivity contribution < 1.29 is 9.50 Å². The molecule has 2 atom stereocenters. The summed E-state index contributed by atoms with van der Waals surface area (Å²) in [5, 5.41) is 17.1. The number of halogens is 2. The summed E-state index contributed by atoms with van der Waals surface area (Å²) in [5.41, 5.74) is 1.90. The van der Waals surface area contributed by atoms with E-state index >= 15 is 0 Å². The van der Waals surface area contributed by atoms with Crippen LogP contribution in [-0.4, -0.2) is 43.3 Å². The third-order valence-corrected chi connectivity index (χ3v) is 4.90. The van der Waals surface area contributed by atoms with Crippen LogP contribution in [0.25, 0.3) is 0 Å². The summed E-state index contributed by atoms with van der Waals surface area (Å²) >= 11 is 0. The highest BCUT2D eigenvalue weighted by molar-refractivity contribution is 14.0. The van der Waals surface area contributed by atoms with Crippen LogP contribution in [0.5, 0.6) is 0 Å². The van der Waals surface area contributed by atoms with Crippen molar-refractivity contribution in [1.82, 2.24) is 10.6 Å². The van der Waals surface area contributed by atoms with Crippen molar-refractivity contribution in [3.8, 4) is 0 Å². The minimum absolute atomic E-state index is 0. The molecule has 1 aliphatic heterocycles. The van der Waals surface area contributed by atoms with E-state index in [1.165, 1.54) is 17.8 Å². The van der Waals surface area contributed by atoms with Gasteiger partial charge in [-0.3, -0.25) is 4.99 Å². The first-order valence-electron chi connectivity index (χ1n) is 9.94. The number of benzene rings is 2. The van der Waals surface area contributed by atoms with Crippen molar-refractivity contribution in [2.45, 2.75) is 31.9 Å². The van der Waals surface area contributed by atoms with E-state index in [-0.39, 0.29) is 42.4 Å². The molecule has 3 N–H and O–H groups in total. The van der Waals surface area contributed by atoms with Crippen LogP contribution in [-0.2, 0) is 0 Å². The Morgan fingerprint density at radius 2 is 1.93 bits per heavy atom. The first kappa shape index (κ1) is 23.4. The SMILES string of the molecule is CCNC(=NCC(O)c1ccc(F)cc1)NC1CCCN(c2ccccc2)C1.I. The Kier molecular flexibility index (Phi) is 9.66. The lowest BCUT2D eigenvalue weighted by Gasteiger charge is -2.35. The molecule has 2 aromatic rings. The van der Waals surface area contributed by atoms with Crippen molar-refractivity contribution in [2.24, 2.45) is 4.99 Å². The molecular weight excluding hydrogens is 482 g/mol. The molecule has 0 saturated carbocycles. The summed E-state index contributed by atoms with van der Waals surface area (Å²) in [5.74, 6) is 0.387. The first-order chi connectivity index (χ1) is 13.7. The molecule has 1 aliphatic rings. The maximum atomic E-state index is 13.0. The van der Waals surface area contributed by atoms with Gasteiger partial charge in [-0.1, -0.05) is 30.3 Å². The van der Waals surface area contributed by atoms with E-state index in [2.05, 4.69) is 44.8 Å². The fraction of sp³-hybridized carbons (Fsp3) is 0.409. The number of nitrogens with zero attached hydrogens (tertiary/aromatic N) is 2. The molecule has 0 aromatic heterocycles. The van der Waals surface area contributed by atoms with Crippen LogP contribution in [0.1, 0.15) is 31.4 Å². The molecule has 2 aromatic carbocycles. The van der Waals surface area contributed by atoms with Crippen molar-refractivity contribution in [2.75, 3.05) is 31.1 Å². The number of anilines is 1. The number of rotatable bonds is 6. The fourth-order valence-electron chi connectivity index (χ4n) is 3.45. The number of hydrogen-bond donors (Lipinski definition) is 3. The highest BCUT2D eigenvalue weighted by Crippen LogP contribution is 2.19. The molecule has 0 aliphatic carbocycles. The molecule has 0 amide bonds. The lowest BCUT2D eigenvalue weighted by molar-refractivity contribution is 0.187. The monoisotopic (exact) mass is 512 g/mol. The smallest absolute Gasteiger partial charge is 0.191 e. The Labute approximate surface area is 189 Å². The van der Waals surface area contributed by atoms with Gasteiger partial charge in [-0.2, -0.15) is 0 Å². The molecule has 1 heterocycles. The van der Waals surface area contributed by atoms with Gasteiger partial charge in [-0.15, -0.1) is 24.0 Å². The van der Waals surface area contributed by atoms with Gasteiger partial charge in [0.1, 0.15) is 5.82 Å². The number of aliphatic hydroxyl groups excluding tert-OH is 1. The lowest BCUT2D eigenvalue weighted by atomic mass is 10.0. The Hall–Kier alpha value is -1.87. The Balaban J connectivity index is 0.00000300. The molecule has 29 heavy (non-hydrogen) atoms. The molecule has 158 valence electrons. The summed E-state index contributed by atoms with van der Waals surface area (Å²) in [4.78, 5) is 6.92. The van der Waals surface area contributed by atoms with Crippen LogP contribution in [0, 0.1) is 5.82 Å². The number of para-hydroxylation sites is 1. The highest BCUT2D eigenvalue weighted by Gasteiger charge is 2.21. The number of guanidine groups is 1. The number of nitrogens with one attached hydrogen (secondary N) is 2. The predicted octanol–water partition coefficient (Wildman–Crippen LogP) is 3.70. The zero-order chi connectivity index (χ0) is 19.8. The zero-order valence-electron chi connectivity index (χ0n) is 16.7. The van der Waals surface area contributed by atoms with Crippen LogP contribution in [0.4, 0.5) is 10.1 Å². The number of piperidine rings is 1. The van der Waals surface area contributed by atoms with Crippen molar-refractivity contribution in [3.05, 3.63) is 66.0 Å². The summed E-state index contributed by atoms with van der Waals surface area (Å²) in [6.07, 6.45) is 1.43. The molecule has 7 heteroatoms. The second-order valence-electron chi connectivity index (χ2n) is 7.05. The standard InChI is InChI=1S/C22H29FN4O.HI/c1-2-24-22(25-15-21(28)17-10-12-18(23)13-11-17)26-19-7-6-14-27(16-19)20-8-4-3-5-9-20;/h3-5,8-13,19,21,28H,2,6-7,14-16H2,1H3,(H2,24,25,26);1H. The molecule has 2 unspecified atom stereocenters. The maximum Gasteiger partial charge on any atom is 0.191 e. The van der Waals surface area contributed by atoms with E-state index in [0.29, 0.717) is 11.5 Å². The minimum atomic E-state index is -0.761. The normalized spacial score (nSPS) is 18.0. The third-order valence-electron chi connectivity index (χ3n) is 4.90. The molecule has 0 radical (unpaired) electrons. The van der Waals surface area contributed by atoms with E-state index in [0.717, 1.165) is 32.5 Å². The van der Waals surface area contributed by atoms with Gasteiger partial charge >= 0.3 is 0 Å². The zero-order valence-corrected chi connectivity index (χ0v) is 19.1. The Bertz CT molecular complexity index is 757. The average Bonchev–Trinajstić information content (AvgIpc) is 2.73. The lowest BCUT2D eigenvalue weighted by Crippen LogP contribution is -2.51. The van der Waals surface area contributed by atoms with Gasteiger partial charge in [0.05, 0.1) is 12.6 Å². The number of aliphatic imine (C=N–C) groups is 1. The topological polar surface area (TPSA) is 59.9 Å². The van der Waals surface area contributed by atoms with Crippen molar-refractivity contribution in [3.63, 3.8) is 0 Å². The van der Waals surface area contributed by atoms with Crippen LogP contribution >= 0.6 is 24.0 Å². The van der Waals surface area contributed by atoms with Gasteiger partial charge in [0.15, 0.2) is 5.96 Å². The molecular formula is C22H30FIN4O. The number of hydrogen-bond acceptors (Lipinski definition) is 3. The Morgan fingerprint density at radius 1 is 1.21 bits per heavy atom. The second kappa shape index (κ2) is 12.0. The molecule has 3 rings (SSSR count). The van der Waals surface area contributed by atoms with Crippen LogP contribution in [0.15, 0.2) is 59.6 Å². The first-order valence-corrected chi connectivity index (χ1v) is 9.94. The van der Waals surface area contributed by atoms with Crippen molar-refractivity contribution >= 4 is 35.6 Å². The van der Waals surface area contributed by atoms with E-state index in [9.17, 15) is 9.50 Å². The predicted molar refractivity (Wildman–Crippen MR) is 128 cm³/mol. The molecule has 1 fully saturated rings. The minimum Gasteiger partial charge on any atom is -0.386 e. The number of aliphatic hydroxyl groups is 1. The quantitative estimate of drug-likeness (QED) is 0.314. The van der Waals surface area contributed by atoms with Crippen LogP contribution < -0.4 is 15.5 Å². The van der Waals surface area contributed by atoms with E-state index < -0.39 is 6.10 Å². The summed E-state index contributed by atoms with van der Waals surface area (Å²) in [6.45, 7) is 4.95. The molecule has 0 bridgehead atoms. The van der Waals surface area contributed by atoms with E-state index in [1.807, 2.05) is 13.0 Å². The molecule has 5 nitrogen and oxygen atoms in total. The molecule has 0 spiro atoms. The van der Waals surface area contributed by atoms with Gasteiger partial charge in [0.2, 0.25) is 0 Å². The average molecular weight is 512 g/mol. The van der Waals surface area contributed by atoms with Gasteiger partial charge in [0, 0.05) is 31.4 Å². The molecule has 1 saturated heterocycles. The van der Waals surface area contributed by atoms with E-state index in [4.69, 9.17) is 0 Å². The fourth-order valence-corrected chi connectivity index (χ4v) is 3.45. The summed E-state index contributed by atoms with van der Waals surface area (Å²) in [7, 11) is 0. The van der Waals surface area contributed by atoms with Crippen LogP contribution in [0.2, 0.25) is 0 Å². The summed E-state index contributed by atoms with van der Waals surface area (Å²) in [6, 6.07) is 16.6. The van der Waals surface area contributed by atoms with Gasteiger partial charge in [-0.05, 0) is 49.6 Å². The van der Waals surface area contributed by atoms with Gasteiger partial charge in [0.25, 0.3) is 0 Å². The highest BCUT2D eigenvalue weighted by atomic mass is 127. The van der Waals surface area contributed by atoms with Gasteiger partial charge < -0.3 is 20.6 Å². The largest absolute Gasteiger partial charge is 0.386 e. The maximum absolute atomic E-state index is 13.0. The Morgan fingerprint density at radius 3 is 2.62 bits per heavy atom. The second-order valence-corrected chi connectivity index (χ2v) is 7.05. The van der Waals surface area contributed by atoms with Gasteiger partial charge in [-0.25, -0.2) is 4.39 Å². The third kappa shape index (κ3) is 7.15. The van der Waals surface area contributed by atoms with E-state index in [1.54, 1.807) is 12.1 Å². The van der Waals surface area contributed by atoms with Crippen LogP contribution in [0.3, 0.4) is 0 Å². The van der Waals surface area contributed by atoms with Crippen molar-refractivity contribution in [1.29, 1.82) is 0 Å².